The zero-order valence-corrected chi connectivity index (χ0v) is 20.4. The maximum Gasteiger partial charge on any atom is 0.337 e. The smallest absolute Gasteiger partial charge is 0.337 e. The van der Waals surface area contributed by atoms with Gasteiger partial charge in [-0.3, -0.25) is 14.5 Å². The minimum atomic E-state index is -0.413. The normalized spacial score (nSPS) is 14.8. The van der Waals surface area contributed by atoms with E-state index in [1.807, 2.05) is 24.3 Å². The van der Waals surface area contributed by atoms with E-state index >= 15 is 0 Å². The first-order valence-electron chi connectivity index (χ1n) is 9.36. The quantitative estimate of drug-likeness (QED) is 0.227. The number of halogens is 1. The van der Waals surface area contributed by atoms with Gasteiger partial charge in [0.15, 0.2) is 0 Å². The Bertz CT molecular complexity index is 1040. The van der Waals surface area contributed by atoms with Crippen molar-refractivity contribution < 1.29 is 19.1 Å². The van der Waals surface area contributed by atoms with Gasteiger partial charge in [0, 0.05) is 22.2 Å². The fourth-order valence-electron chi connectivity index (χ4n) is 2.83. The maximum atomic E-state index is 12.7. The number of thioether (sulfide) groups is 1. The molecule has 2 amide bonds. The van der Waals surface area contributed by atoms with Crippen LogP contribution in [0.25, 0.3) is 6.08 Å². The predicted molar refractivity (Wildman–Crippen MR) is 135 cm³/mol. The summed E-state index contributed by atoms with van der Waals surface area (Å²) in [4.78, 5) is 38.4. The molecule has 0 aromatic heterocycles. The SMILES string of the molecule is COC(=O)c1ccc(C=C2SC(=S)N(CCCC(=O)Nc3ccc(I)cc3)C2=O)cc1. The van der Waals surface area contributed by atoms with Gasteiger partial charge in [-0.1, -0.05) is 36.1 Å². The van der Waals surface area contributed by atoms with E-state index in [1.54, 1.807) is 30.3 Å². The third-order valence-corrected chi connectivity index (χ3v) is 6.51. The predicted octanol–water partition coefficient (Wildman–Crippen LogP) is 4.70. The monoisotopic (exact) mass is 566 g/mol. The van der Waals surface area contributed by atoms with E-state index in [4.69, 9.17) is 12.2 Å². The number of carbonyl (C=O) groups is 3. The van der Waals surface area contributed by atoms with Crippen molar-refractivity contribution in [2.75, 3.05) is 19.0 Å². The minimum Gasteiger partial charge on any atom is -0.465 e. The van der Waals surface area contributed by atoms with Crippen LogP contribution in [0.5, 0.6) is 0 Å². The third-order valence-electron chi connectivity index (χ3n) is 4.42. The van der Waals surface area contributed by atoms with Gasteiger partial charge in [0.1, 0.15) is 4.32 Å². The molecule has 0 spiro atoms. The molecular formula is C22H19IN2O4S2. The van der Waals surface area contributed by atoms with Gasteiger partial charge >= 0.3 is 5.97 Å². The zero-order valence-electron chi connectivity index (χ0n) is 16.6. The Morgan fingerprint density at radius 2 is 1.84 bits per heavy atom. The van der Waals surface area contributed by atoms with Crippen LogP contribution in [-0.2, 0) is 14.3 Å². The zero-order chi connectivity index (χ0) is 22.4. The van der Waals surface area contributed by atoms with Crippen molar-refractivity contribution in [3.05, 3.63) is 68.1 Å². The molecule has 1 fully saturated rings. The summed E-state index contributed by atoms with van der Waals surface area (Å²) in [7, 11) is 1.33. The molecule has 1 saturated heterocycles. The molecule has 3 rings (SSSR count). The van der Waals surface area contributed by atoms with Crippen LogP contribution in [0.15, 0.2) is 53.4 Å². The standard InChI is InChI=1S/C22H19IN2O4S2/c1-29-21(28)15-6-4-14(5-7-15)13-18-20(27)25(22(30)31-18)12-2-3-19(26)24-17-10-8-16(23)9-11-17/h4-11,13H,2-3,12H2,1H3,(H,24,26). The van der Waals surface area contributed by atoms with Gasteiger partial charge in [0.05, 0.1) is 17.6 Å². The number of benzene rings is 2. The van der Waals surface area contributed by atoms with Crippen LogP contribution in [0.4, 0.5) is 5.69 Å². The molecule has 1 aliphatic heterocycles. The summed E-state index contributed by atoms with van der Waals surface area (Å²) in [6, 6.07) is 14.3. The molecule has 0 bridgehead atoms. The summed E-state index contributed by atoms with van der Waals surface area (Å²) in [5.41, 5.74) is 1.97. The van der Waals surface area contributed by atoms with Gasteiger partial charge in [-0.15, -0.1) is 0 Å². The molecular weight excluding hydrogens is 547 g/mol. The number of thiocarbonyl (C=S) groups is 1. The van der Waals surface area contributed by atoms with Crippen molar-refractivity contribution >= 4 is 80.4 Å². The second kappa shape index (κ2) is 10.9. The Morgan fingerprint density at radius 1 is 1.16 bits per heavy atom. The van der Waals surface area contributed by atoms with E-state index in [1.165, 1.54) is 23.8 Å². The van der Waals surface area contributed by atoms with Crippen molar-refractivity contribution in [1.29, 1.82) is 0 Å². The van der Waals surface area contributed by atoms with E-state index in [0.717, 1.165) is 14.8 Å². The van der Waals surface area contributed by atoms with E-state index in [2.05, 4.69) is 32.6 Å². The highest BCUT2D eigenvalue weighted by molar-refractivity contribution is 14.1. The highest BCUT2D eigenvalue weighted by Crippen LogP contribution is 2.32. The van der Waals surface area contributed by atoms with Crippen molar-refractivity contribution in [2.24, 2.45) is 0 Å². The lowest BCUT2D eigenvalue weighted by atomic mass is 10.1. The van der Waals surface area contributed by atoms with E-state index < -0.39 is 5.97 Å². The van der Waals surface area contributed by atoms with Gasteiger partial charge < -0.3 is 10.1 Å². The number of anilines is 1. The van der Waals surface area contributed by atoms with Crippen LogP contribution >= 0.6 is 46.6 Å². The fraction of sp³-hybridized carbons (Fsp3) is 0.182. The van der Waals surface area contributed by atoms with Crippen molar-refractivity contribution in [3.63, 3.8) is 0 Å². The van der Waals surface area contributed by atoms with E-state index in [0.29, 0.717) is 27.8 Å². The molecule has 0 unspecified atom stereocenters. The molecule has 1 aliphatic rings. The molecule has 0 atom stereocenters. The Labute approximate surface area is 203 Å². The lowest BCUT2D eigenvalue weighted by molar-refractivity contribution is -0.122. The topological polar surface area (TPSA) is 75.7 Å². The highest BCUT2D eigenvalue weighted by Gasteiger charge is 2.31. The van der Waals surface area contributed by atoms with Crippen LogP contribution < -0.4 is 5.32 Å². The molecule has 9 heteroatoms. The summed E-state index contributed by atoms with van der Waals surface area (Å²) >= 11 is 8.78. The Morgan fingerprint density at radius 3 is 2.48 bits per heavy atom. The lowest BCUT2D eigenvalue weighted by Gasteiger charge is -2.14. The molecule has 0 aliphatic carbocycles. The fourth-order valence-corrected chi connectivity index (χ4v) is 4.50. The molecule has 0 radical (unpaired) electrons. The first kappa shape index (κ1) is 23.4. The van der Waals surface area contributed by atoms with Crippen molar-refractivity contribution in [3.8, 4) is 0 Å². The lowest BCUT2D eigenvalue weighted by Crippen LogP contribution is -2.29. The summed E-state index contributed by atoms with van der Waals surface area (Å²) in [5.74, 6) is -0.693. The summed E-state index contributed by atoms with van der Waals surface area (Å²) in [5, 5.41) is 2.85. The molecule has 0 saturated carbocycles. The maximum absolute atomic E-state index is 12.7. The van der Waals surface area contributed by atoms with Crippen molar-refractivity contribution in [1.82, 2.24) is 4.90 Å². The minimum absolute atomic E-state index is 0.104. The summed E-state index contributed by atoms with van der Waals surface area (Å²) in [6.07, 6.45) is 2.53. The van der Waals surface area contributed by atoms with Gasteiger partial charge in [0.2, 0.25) is 5.91 Å². The second-order valence-corrected chi connectivity index (χ2v) is 9.53. The summed E-state index contributed by atoms with van der Waals surface area (Å²) < 4.78 is 6.25. The summed E-state index contributed by atoms with van der Waals surface area (Å²) in [6.45, 7) is 0.378. The molecule has 1 heterocycles. The molecule has 1 N–H and O–H groups in total. The van der Waals surface area contributed by atoms with E-state index in [-0.39, 0.29) is 18.2 Å². The highest BCUT2D eigenvalue weighted by atomic mass is 127. The number of rotatable bonds is 7. The Balaban J connectivity index is 1.53. The van der Waals surface area contributed by atoms with Crippen LogP contribution in [-0.4, -0.2) is 40.7 Å². The van der Waals surface area contributed by atoms with Crippen LogP contribution in [0.2, 0.25) is 0 Å². The van der Waals surface area contributed by atoms with Gasteiger partial charge in [0.25, 0.3) is 5.91 Å². The van der Waals surface area contributed by atoms with Gasteiger partial charge in [-0.05, 0) is 77.0 Å². The molecule has 160 valence electrons. The Kier molecular flexibility index (Phi) is 8.22. The van der Waals surface area contributed by atoms with Gasteiger partial charge in [-0.2, -0.15) is 0 Å². The average molecular weight is 566 g/mol. The Hall–Kier alpha value is -2.24. The molecule has 2 aromatic carbocycles. The van der Waals surface area contributed by atoms with E-state index in [9.17, 15) is 14.4 Å². The second-order valence-electron chi connectivity index (χ2n) is 6.61. The third kappa shape index (κ3) is 6.37. The molecule has 6 nitrogen and oxygen atoms in total. The first-order valence-corrected chi connectivity index (χ1v) is 11.7. The number of ether oxygens (including phenoxy) is 1. The number of nitrogens with zero attached hydrogens (tertiary/aromatic N) is 1. The number of hydrogen-bond donors (Lipinski definition) is 1. The number of methoxy groups -OCH3 is 1. The number of nitrogens with one attached hydrogen (secondary N) is 1. The number of hydrogen-bond acceptors (Lipinski definition) is 6. The number of amides is 2. The van der Waals surface area contributed by atoms with Gasteiger partial charge in [-0.25, -0.2) is 4.79 Å². The van der Waals surface area contributed by atoms with Crippen molar-refractivity contribution in [2.45, 2.75) is 12.8 Å². The number of carbonyl (C=O) groups excluding carboxylic acids is 3. The van der Waals surface area contributed by atoms with Crippen LogP contribution in [0, 0.1) is 3.57 Å². The number of esters is 1. The first-order chi connectivity index (χ1) is 14.9. The van der Waals surface area contributed by atoms with Crippen LogP contribution in [0.3, 0.4) is 0 Å². The largest absolute Gasteiger partial charge is 0.465 e. The van der Waals surface area contributed by atoms with Crippen LogP contribution in [0.1, 0.15) is 28.8 Å². The molecule has 2 aromatic rings. The average Bonchev–Trinajstić information content (AvgIpc) is 3.02. The molecule has 31 heavy (non-hydrogen) atoms.